The zero-order valence-corrected chi connectivity index (χ0v) is 14.6. The number of sulfone groups is 1. The molecule has 0 aromatic heterocycles. The molecule has 0 aliphatic carbocycles. The molecule has 0 aliphatic heterocycles. The molecule has 0 saturated heterocycles. The highest BCUT2D eigenvalue weighted by Gasteiger charge is 2.18. The lowest BCUT2D eigenvalue weighted by Gasteiger charge is -2.10. The van der Waals surface area contributed by atoms with Gasteiger partial charge in [0.25, 0.3) is 5.91 Å². The van der Waals surface area contributed by atoms with Crippen LogP contribution in [0.4, 0.5) is 0 Å². The van der Waals surface area contributed by atoms with Crippen molar-refractivity contribution in [2.75, 3.05) is 18.6 Å². The number of nitrogens with one attached hydrogen (secondary N) is 1. The second-order valence-electron chi connectivity index (χ2n) is 4.54. The quantitative estimate of drug-likeness (QED) is 0.731. The van der Waals surface area contributed by atoms with Crippen molar-refractivity contribution in [2.24, 2.45) is 5.14 Å². The number of sulfonamides is 1. The van der Waals surface area contributed by atoms with E-state index in [9.17, 15) is 21.6 Å². The predicted molar refractivity (Wildman–Crippen MR) is 82.3 cm³/mol. The summed E-state index contributed by atoms with van der Waals surface area (Å²) in [5, 5.41) is 7.50. The van der Waals surface area contributed by atoms with Crippen LogP contribution in [0.1, 0.15) is 15.9 Å². The standard InChI is InChI=1S/C11H15BrN2O5S2/c1-7-5-8(6-9(10(7)12)21(13,18)19)11(15)14-3-4-20(2,16)17/h5-6H,3-4H2,1-2H3,(H,14,15)(H2,13,18,19). The van der Waals surface area contributed by atoms with Crippen molar-refractivity contribution >= 4 is 41.7 Å². The SMILES string of the molecule is Cc1cc(C(=O)NCCS(C)(=O)=O)cc(S(N)(=O)=O)c1Br. The molecule has 3 N–H and O–H groups in total. The normalized spacial score (nSPS) is 12.2. The van der Waals surface area contributed by atoms with Crippen LogP contribution in [0.3, 0.4) is 0 Å². The Bertz CT molecular complexity index is 772. The van der Waals surface area contributed by atoms with Gasteiger partial charge in [0.1, 0.15) is 9.84 Å². The number of halogens is 1. The molecule has 1 aromatic rings. The van der Waals surface area contributed by atoms with Crippen LogP contribution in [-0.4, -0.2) is 41.3 Å². The Hall–Kier alpha value is -0.970. The van der Waals surface area contributed by atoms with Crippen LogP contribution in [0, 0.1) is 6.92 Å². The van der Waals surface area contributed by atoms with Gasteiger partial charge in [0.05, 0.1) is 10.6 Å². The van der Waals surface area contributed by atoms with Crippen molar-refractivity contribution in [3.63, 3.8) is 0 Å². The van der Waals surface area contributed by atoms with Crippen LogP contribution >= 0.6 is 15.9 Å². The Kier molecular flexibility index (Phi) is 5.53. The van der Waals surface area contributed by atoms with E-state index in [1.807, 2.05) is 0 Å². The van der Waals surface area contributed by atoms with E-state index in [4.69, 9.17) is 5.14 Å². The van der Waals surface area contributed by atoms with Crippen molar-refractivity contribution in [1.29, 1.82) is 0 Å². The van der Waals surface area contributed by atoms with E-state index in [-0.39, 0.29) is 27.2 Å². The van der Waals surface area contributed by atoms with Crippen LogP contribution in [-0.2, 0) is 19.9 Å². The fraction of sp³-hybridized carbons (Fsp3) is 0.364. The van der Waals surface area contributed by atoms with E-state index in [1.54, 1.807) is 6.92 Å². The van der Waals surface area contributed by atoms with Gasteiger partial charge in [0.15, 0.2) is 0 Å². The Labute approximate surface area is 132 Å². The Morgan fingerprint density at radius 2 is 1.86 bits per heavy atom. The summed E-state index contributed by atoms with van der Waals surface area (Å²) in [6.07, 6.45) is 1.06. The molecule has 10 heteroatoms. The summed E-state index contributed by atoms with van der Waals surface area (Å²) in [5.74, 6) is -0.768. The molecule has 7 nitrogen and oxygen atoms in total. The predicted octanol–water partition coefficient (Wildman–Crippen LogP) is 0.179. The highest BCUT2D eigenvalue weighted by molar-refractivity contribution is 9.10. The summed E-state index contributed by atoms with van der Waals surface area (Å²) in [5.41, 5.74) is 0.614. The number of rotatable bonds is 5. The summed E-state index contributed by atoms with van der Waals surface area (Å²) in [4.78, 5) is 11.7. The number of aryl methyl sites for hydroxylation is 1. The Morgan fingerprint density at radius 3 is 2.33 bits per heavy atom. The molecule has 0 radical (unpaired) electrons. The minimum absolute atomic E-state index is 0.0580. The van der Waals surface area contributed by atoms with Gasteiger partial charge in [-0.05, 0) is 40.5 Å². The van der Waals surface area contributed by atoms with E-state index in [2.05, 4.69) is 21.2 Å². The molecule has 0 aliphatic rings. The van der Waals surface area contributed by atoms with E-state index < -0.39 is 25.8 Å². The van der Waals surface area contributed by atoms with E-state index in [0.717, 1.165) is 12.3 Å². The molecular weight excluding hydrogens is 384 g/mol. The zero-order valence-electron chi connectivity index (χ0n) is 11.4. The van der Waals surface area contributed by atoms with Gasteiger partial charge in [-0.15, -0.1) is 0 Å². The molecule has 21 heavy (non-hydrogen) atoms. The lowest BCUT2D eigenvalue weighted by Crippen LogP contribution is -2.29. The second-order valence-corrected chi connectivity index (χ2v) is 9.12. The first kappa shape index (κ1) is 18.1. The fourth-order valence-electron chi connectivity index (χ4n) is 1.53. The first-order valence-electron chi connectivity index (χ1n) is 5.70. The van der Waals surface area contributed by atoms with Crippen LogP contribution in [0.15, 0.2) is 21.5 Å². The van der Waals surface area contributed by atoms with Crippen LogP contribution in [0.5, 0.6) is 0 Å². The van der Waals surface area contributed by atoms with Gasteiger partial charge in [-0.1, -0.05) is 0 Å². The average Bonchev–Trinajstić information content (AvgIpc) is 2.29. The molecule has 0 atom stereocenters. The van der Waals surface area contributed by atoms with Gasteiger partial charge < -0.3 is 5.32 Å². The van der Waals surface area contributed by atoms with Crippen molar-refractivity contribution in [3.8, 4) is 0 Å². The summed E-state index contributed by atoms with van der Waals surface area (Å²) in [6, 6.07) is 2.62. The molecule has 0 spiro atoms. The molecule has 0 saturated carbocycles. The van der Waals surface area contributed by atoms with Gasteiger partial charge in [0, 0.05) is 22.8 Å². The summed E-state index contributed by atoms with van der Waals surface area (Å²) >= 11 is 3.11. The minimum Gasteiger partial charge on any atom is -0.351 e. The Balaban J connectivity index is 3.04. The lowest BCUT2D eigenvalue weighted by molar-refractivity contribution is 0.0956. The van der Waals surface area contributed by atoms with Gasteiger partial charge in [0.2, 0.25) is 10.0 Å². The number of benzene rings is 1. The number of amides is 1. The third-order valence-corrected chi connectivity index (χ3v) is 5.74. The topological polar surface area (TPSA) is 123 Å². The highest BCUT2D eigenvalue weighted by Crippen LogP contribution is 2.26. The smallest absolute Gasteiger partial charge is 0.251 e. The maximum atomic E-state index is 11.9. The minimum atomic E-state index is -3.98. The Morgan fingerprint density at radius 1 is 1.29 bits per heavy atom. The number of carbonyl (C=O) groups excluding carboxylic acids is 1. The zero-order chi connectivity index (χ0) is 16.4. The first-order valence-corrected chi connectivity index (χ1v) is 10.1. The summed E-state index contributed by atoms with van der Waals surface area (Å²) in [7, 11) is -7.16. The molecule has 1 rings (SSSR count). The molecular formula is C11H15BrN2O5S2. The molecule has 0 bridgehead atoms. The van der Waals surface area contributed by atoms with Gasteiger partial charge in [-0.2, -0.15) is 0 Å². The average molecular weight is 399 g/mol. The number of nitrogens with two attached hydrogens (primary N) is 1. The third-order valence-electron chi connectivity index (χ3n) is 2.55. The summed E-state index contributed by atoms with van der Waals surface area (Å²) < 4.78 is 45.2. The summed E-state index contributed by atoms with van der Waals surface area (Å²) in [6.45, 7) is 1.56. The number of carbonyl (C=O) groups is 1. The van der Waals surface area contributed by atoms with Crippen molar-refractivity contribution in [3.05, 3.63) is 27.7 Å². The fourth-order valence-corrected chi connectivity index (χ4v) is 3.61. The monoisotopic (exact) mass is 398 g/mol. The second kappa shape index (κ2) is 6.42. The molecule has 0 heterocycles. The number of hydrogen-bond donors (Lipinski definition) is 2. The maximum absolute atomic E-state index is 11.9. The van der Waals surface area contributed by atoms with Gasteiger partial charge in [-0.3, -0.25) is 4.79 Å². The van der Waals surface area contributed by atoms with Crippen molar-refractivity contribution < 1.29 is 21.6 Å². The van der Waals surface area contributed by atoms with E-state index in [1.165, 1.54) is 6.07 Å². The van der Waals surface area contributed by atoms with Crippen LogP contribution in [0.2, 0.25) is 0 Å². The van der Waals surface area contributed by atoms with Gasteiger partial charge in [-0.25, -0.2) is 22.0 Å². The van der Waals surface area contributed by atoms with Crippen molar-refractivity contribution in [2.45, 2.75) is 11.8 Å². The lowest BCUT2D eigenvalue weighted by atomic mass is 10.1. The molecule has 0 unspecified atom stereocenters. The largest absolute Gasteiger partial charge is 0.351 e. The van der Waals surface area contributed by atoms with Crippen LogP contribution in [0.25, 0.3) is 0 Å². The number of primary sulfonamides is 1. The highest BCUT2D eigenvalue weighted by atomic mass is 79.9. The van der Waals surface area contributed by atoms with E-state index in [0.29, 0.717) is 5.56 Å². The molecule has 1 amide bonds. The van der Waals surface area contributed by atoms with Gasteiger partial charge >= 0.3 is 0 Å². The maximum Gasteiger partial charge on any atom is 0.251 e. The van der Waals surface area contributed by atoms with E-state index >= 15 is 0 Å². The molecule has 1 aromatic carbocycles. The molecule has 118 valence electrons. The molecule has 0 fully saturated rings. The van der Waals surface area contributed by atoms with Crippen molar-refractivity contribution in [1.82, 2.24) is 5.32 Å². The third kappa shape index (κ3) is 5.38. The number of hydrogen-bond acceptors (Lipinski definition) is 5. The van der Waals surface area contributed by atoms with Crippen LogP contribution < -0.4 is 10.5 Å². The first-order chi connectivity index (χ1) is 9.42.